The molecule has 0 unspecified atom stereocenters. The summed E-state index contributed by atoms with van der Waals surface area (Å²) >= 11 is 1.90. The summed E-state index contributed by atoms with van der Waals surface area (Å²) in [4.78, 5) is 0.638. The van der Waals surface area contributed by atoms with E-state index >= 15 is 0 Å². The number of aromatic nitrogens is 3. The quantitative estimate of drug-likeness (QED) is 0.0130. The number of rotatable bonds is 19. The number of azo groups is 3. The molecule has 27 nitrogen and oxygen atoms in total. The molecular formula is C44H31N9O18S5. The average molecular weight is 1130 g/mol. The van der Waals surface area contributed by atoms with Crippen LogP contribution in [0.5, 0.6) is 17.2 Å². The van der Waals surface area contributed by atoms with Crippen molar-refractivity contribution in [2.45, 2.75) is 31.4 Å². The Morgan fingerprint density at radius 3 is 1.93 bits per heavy atom. The van der Waals surface area contributed by atoms with Crippen molar-refractivity contribution in [3.63, 3.8) is 0 Å². The molecule has 390 valence electrons. The van der Waals surface area contributed by atoms with Crippen LogP contribution in [0.1, 0.15) is 5.56 Å². The Hall–Kier alpha value is -7.35. The smallest absolute Gasteiger partial charge is 0.295 e. The van der Waals surface area contributed by atoms with Gasteiger partial charge in [-0.1, -0.05) is 27.2 Å². The lowest BCUT2D eigenvalue weighted by Gasteiger charge is -2.10. The fourth-order valence-corrected chi connectivity index (χ4v) is 10.4. The maximum atomic E-state index is 12.2. The van der Waals surface area contributed by atoms with Gasteiger partial charge in [0.2, 0.25) is 0 Å². The van der Waals surface area contributed by atoms with Gasteiger partial charge in [-0.2, -0.15) is 37.0 Å². The maximum absolute atomic E-state index is 12.2. The molecule has 0 atom stereocenters. The Bertz CT molecular complexity index is 4090. The molecule has 0 aliphatic carbocycles. The number of hydrogen-bond acceptors (Lipinski definition) is 27. The van der Waals surface area contributed by atoms with E-state index in [9.17, 15) is 36.2 Å². The van der Waals surface area contributed by atoms with Crippen LogP contribution >= 0.6 is 36.1 Å². The Labute approximate surface area is 438 Å². The number of aromatic hydroxyl groups is 2. The van der Waals surface area contributed by atoms with Gasteiger partial charge in [0.1, 0.15) is 44.5 Å². The van der Waals surface area contributed by atoms with Crippen LogP contribution in [0.2, 0.25) is 0 Å². The topological polar surface area (TPSA) is 379 Å². The third kappa shape index (κ3) is 11.6. The molecule has 0 aliphatic rings. The molecule has 0 saturated carbocycles. The number of ether oxygens (including phenoxy) is 1. The van der Waals surface area contributed by atoms with Crippen molar-refractivity contribution in [2.24, 2.45) is 30.7 Å². The molecule has 32 heteroatoms. The third-order valence-electron chi connectivity index (χ3n) is 10.9. The van der Waals surface area contributed by atoms with Gasteiger partial charge < -0.3 is 14.9 Å². The number of methoxy groups -OCH3 is 1. The molecule has 9 rings (SSSR count). The molecule has 0 bridgehead atoms. The Morgan fingerprint density at radius 1 is 0.566 bits per heavy atom. The minimum Gasteiger partial charge on any atom is -0.506 e. The fourth-order valence-electron chi connectivity index (χ4n) is 7.50. The molecule has 0 fully saturated rings. The van der Waals surface area contributed by atoms with E-state index < -0.39 is 41.5 Å². The second-order valence-electron chi connectivity index (χ2n) is 15.5. The van der Waals surface area contributed by atoms with E-state index in [-0.39, 0.29) is 60.6 Å². The highest BCUT2D eigenvalue weighted by molar-refractivity contribution is 7.95. The summed E-state index contributed by atoms with van der Waals surface area (Å²) in [5.41, 5.74) is 2.37. The molecule has 7 N–H and O–H groups in total. The number of fused-ring (bicyclic) bond motifs is 5. The van der Waals surface area contributed by atoms with E-state index in [1.165, 1.54) is 55.6 Å². The van der Waals surface area contributed by atoms with Gasteiger partial charge >= 0.3 is 0 Å². The molecule has 9 aromatic rings. The molecule has 8 aromatic carbocycles. The number of benzene rings is 8. The molecule has 0 radical (unpaired) electrons. The van der Waals surface area contributed by atoms with Crippen LogP contribution in [0.3, 0.4) is 0 Å². The summed E-state index contributed by atoms with van der Waals surface area (Å²) in [6.45, 7) is 1.80. The lowest BCUT2D eigenvalue weighted by atomic mass is 10.1. The molecular weight excluding hydrogens is 1100 g/mol. The third-order valence-corrected chi connectivity index (χ3v) is 14.4. The molecule has 0 saturated heterocycles. The average Bonchev–Trinajstić information content (AvgIpc) is 3.85. The monoisotopic (exact) mass is 1130 g/mol. The van der Waals surface area contributed by atoms with Crippen LogP contribution in [-0.2, 0) is 48.4 Å². The van der Waals surface area contributed by atoms with Crippen molar-refractivity contribution in [3.8, 4) is 22.9 Å². The minimum atomic E-state index is -4.97. The van der Waals surface area contributed by atoms with Crippen molar-refractivity contribution >= 4 is 134 Å². The SMILES string of the molecule is COc1cc(N=Nc2c(SOOO)cc3cc(-n4nc5ccc6c(S(=O)(=O)O)cc(S(=O)(=O)O)cc6c5n4)ccc3c2O)c(O)cc1N=Nc1ccc(N=Nc2ccc3c(SOOO)cc(SOOO)cc3c2)c(C)c1. The number of nitrogens with zero attached hydrogens (tertiary/aromatic N) is 9. The van der Waals surface area contributed by atoms with Gasteiger partial charge in [-0.25, -0.2) is 15.8 Å². The Balaban J connectivity index is 0.957. The van der Waals surface area contributed by atoms with Gasteiger partial charge in [0.15, 0.2) is 5.75 Å². The second kappa shape index (κ2) is 22.5. The lowest BCUT2D eigenvalue weighted by Crippen LogP contribution is -2.04. The molecule has 0 aliphatic heterocycles. The standard InChI is InChI=1S/C44H31N9O18S5/c1-21-11-24(4-9-33(21)47-46-25-3-6-29-22(12-25)14-27(72-69-66-56)16-39(29)73-70-67-57)45-49-36-19-37(54)35(20-38(36)65-2)48-50-43-40(74-71-68-58)15-23-13-26(5-7-30(23)44(43)55)53-51-34-10-8-31-32(42(34)52-53)17-28(75(59,60)61)18-41(31)76(62,63)64/h3-20,54-58H,1-2H3,(H,59,60,61)(H,62,63,64). The highest BCUT2D eigenvalue weighted by Crippen LogP contribution is 2.47. The first-order chi connectivity index (χ1) is 36.5. The van der Waals surface area contributed by atoms with Gasteiger partial charge in [0.25, 0.3) is 20.2 Å². The molecule has 76 heavy (non-hydrogen) atoms. The zero-order valence-corrected chi connectivity index (χ0v) is 42.2. The largest absolute Gasteiger partial charge is 0.506 e. The van der Waals surface area contributed by atoms with Gasteiger partial charge in [-0.3, -0.25) is 9.11 Å². The molecule has 1 heterocycles. The number of aryl methyl sites for hydroxylation is 1. The van der Waals surface area contributed by atoms with Crippen LogP contribution < -0.4 is 4.74 Å². The van der Waals surface area contributed by atoms with Crippen LogP contribution in [0.25, 0.3) is 49.0 Å². The van der Waals surface area contributed by atoms with Crippen molar-refractivity contribution in [2.75, 3.05) is 7.11 Å². The summed E-state index contributed by atoms with van der Waals surface area (Å²) in [6, 6.07) is 26.5. The normalized spacial score (nSPS) is 12.5. The summed E-state index contributed by atoms with van der Waals surface area (Å²) in [7, 11) is -8.55. The second-order valence-corrected chi connectivity index (χ2v) is 20.5. The zero-order chi connectivity index (χ0) is 53.9. The van der Waals surface area contributed by atoms with Crippen LogP contribution in [0, 0.1) is 6.92 Å². The van der Waals surface area contributed by atoms with Crippen molar-refractivity contribution in [3.05, 3.63) is 115 Å². The molecule has 0 amide bonds. The van der Waals surface area contributed by atoms with E-state index in [4.69, 9.17) is 20.5 Å². The van der Waals surface area contributed by atoms with E-state index in [2.05, 4.69) is 69.0 Å². The zero-order valence-electron chi connectivity index (χ0n) is 38.1. The van der Waals surface area contributed by atoms with Gasteiger partial charge in [0.05, 0.1) is 75.8 Å². The highest BCUT2D eigenvalue weighted by atomic mass is 32.2. The first-order valence-corrected chi connectivity index (χ1v) is 25.9. The Morgan fingerprint density at radius 2 is 1.22 bits per heavy atom. The Kier molecular flexibility index (Phi) is 15.8. The fraction of sp³-hybridized carbons (Fsp3) is 0.0455. The summed E-state index contributed by atoms with van der Waals surface area (Å²) in [5.74, 6) is -0.717. The molecule has 1 aromatic heterocycles. The predicted octanol–water partition coefficient (Wildman–Crippen LogP) is 12.6. The highest BCUT2D eigenvalue weighted by Gasteiger charge is 2.24. The number of phenols is 2. The van der Waals surface area contributed by atoms with E-state index in [1.807, 2.05) is 0 Å². The van der Waals surface area contributed by atoms with Crippen molar-refractivity contribution in [1.29, 1.82) is 0 Å². The minimum absolute atomic E-state index is 0.00743. The van der Waals surface area contributed by atoms with Crippen LogP contribution in [0.4, 0.5) is 34.1 Å². The summed E-state index contributed by atoms with van der Waals surface area (Å²) in [6.07, 6.45) is 0. The number of phenolic OH excluding ortho intramolecular Hbond substituents is 2. The van der Waals surface area contributed by atoms with Gasteiger partial charge in [-0.05, 0) is 114 Å². The molecule has 0 spiro atoms. The van der Waals surface area contributed by atoms with E-state index in [1.54, 1.807) is 55.5 Å². The van der Waals surface area contributed by atoms with Gasteiger partial charge in [0, 0.05) is 38.1 Å². The van der Waals surface area contributed by atoms with E-state index in [0.717, 1.165) is 40.3 Å². The summed E-state index contributed by atoms with van der Waals surface area (Å²) in [5, 5.41) is 96.4. The summed E-state index contributed by atoms with van der Waals surface area (Å²) < 4.78 is 87.6. The van der Waals surface area contributed by atoms with Crippen molar-refractivity contribution in [1.82, 2.24) is 15.0 Å². The van der Waals surface area contributed by atoms with Crippen molar-refractivity contribution < 1.29 is 84.8 Å². The van der Waals surface area contributed by atoms with Gasteiger partial charge in [-0.15, -0.1) is 38.5 Å². The lowest BCUT2D eigenvalue weighted by molar-refractivity contribution is -0.432. The van der Waals surface area contributed by atoms with Crippen LogP contribution in [-0.4, -0.2) is 74.0 Å². The van der Waals surface area contributed by atoms with E-state index in [0.29, 0.717) is 61.3 Å². The first kappa shape index (κ1) is 53.5. The maximum Gasteiger partial charge on any atom is 0.295 e. The predicted molar refractivity (Wildman–Crippen MR) is 269 cm³/mol. The number of hydrogen-bond donors (Lipinski definition) is 7. The van der Waals surface area contributed by atoms with Crippen LogP contribution in [0.15, 0.2) is 164 Å². The first-order valence-electron chi connectivity index (χ1n) is 20.8.